The fraction of sp³-hybridized carbons (Fsp3) is 0.545. The second kappa shape index (κ2) is 7.20. The summed E-state index contributed by atoms with van der Waals surface area (Å²) < 4.78 is 0. The molecule has 4 nitrogen and oxygen atoms in total. The van der Waals surface area contributed by atoms with Crippen molar-refractivity contribution in [2.45, 2.75) is 25.5 Å². The van der Waals surface area contributed by atoms with Crippen molar-refractivity contribution < 1.29 is 15.0 Å². The molecule has 15 heavy (non-hydrogen) atoms. The van der Waals surface area contributed by atoms with Crippen molar-refractivity contribution in [2.75, 3.05) is 7.05 Å². The number of aliphatic hydroxyl groups is 1. The summed E-state index contributed by atoms with van der Waals surface area (Å²) >= 11 is 0. The minimum absolute atomic E-state index is 0.116. The first kappa shape index (κ1) is 13.9. The van der Waals surface area contributed by atoms with Crippen molar-refractivity contribution in [1.82, 2.24) is 5.32 Å². The minimum Gasteiger partial charge on any atom is -0.480 e. The molecule has 86 valence electrons. The molecule has 0 aromatic carbocycles. The van der Waals surface area contributed by atoms with E-state index in [1.807, 2.05) is 13.0 Å². The molecule has 0 aliphatic carbocycles. The summed E-state index contributed by atoms with van der Waals surface area (Å²) in [5.74, 6) is -1.15. The van der Waals surface area contributed by atoms with E-state index in [1.165, 1.54) is 7.05 Å². The zero-order valence-electron chi connectivity index (χ0n) is 9.18. The molecule has 3 N–H and O–H groups in total. The maximum Gasteiger partial charge on any atom is 0.323 e. The van der Waals surface area contributed by atoms with Gasteiger partial charge in [-0.2, -0.15) is 0 Å². The highest BCUT2D eigenvalue weighted by Crippen LogP contribution is 2.12. The Hall–Kier alpha value is -1.13. The van der Waals surface area contributed by atoms with Crippen LogP contribution < -0.4 is 5.32 Å². The van der Waals surface area contributed by atoms with E-state index in [4.69, 9.17) is 5.11 Å². The Morgan fingerprint density at radius 2 is 2.20 bits per heavy atom. The van der Waals surface area contributed by atoms with Crippen molar-refractivity contribution >= 4 is 5.97 Å². The van der Waals surface area contributed by atoms with Gasteiger partial charge in [-0.15, -0.1) is 0 Å². The number of aliphatic carboxylic acids is 1. The number of likely N-dealkylation sites (N-methyl/N-ethyl adjacent to an activating group) is 1. The summed E-state index contributed by atoms with van der Waals surface area (Å²) in [6.07, 6.45) is 5.00. The monoisotopic (exact) mass is 213 g/mol. The van der Waals surface area contributed by atoms with Gasteiger partial charge in [-0.1, -0.05) is 31.7 Å². The van der Waals surface area contributed by atoms with Crippen LogP contribution >= 0.6 is 0 Å². The number of carboxylic acid groups (broad SMARTS) is 1. The number of hydrogen-bond acceptors (Lipinski definition) is 3. The van der Waals surface area contributed by atoms with Gasteiger partial charge in [-0.05, 0) is 19.4 Å². The number of hydrogen-bond donors (Lipinski definition) is 3. The Kier molecular flexibility index (Phi) is 6.66. The second-order valence-electron chi connectivity index (χ2n) is 3.47. The molecular weight excluding hydrogens is 194 g/mol. The summed E-state index contributed by atoms with van der Waals surface area (Å²) in [5, 5.41) is 21.1. The molecule has 0 aromatic heterocycles. The van der Waals surface area contributed by atoms with E-state index < -0.39 is 18.1 Å². The van der Waals surface area contributed by atoms with E-state index in [-0.39, 0.29) is 5.92 Å². The van der Waals surface area contributed by atoms with Gasteiger partial charge in [0.25, 0.3) is 0 Å². The van der Waals surface area contributed by atoms with Crippen LogP contribution in [0.1, 0.15) is 13.3 Å². The van der Waals surface area contributed by atoms with Crippen LogP contribution in [0.25, 0.3) is 0 Å². The molecule has 0 aromatic rings. The summed E-state index contributed by atoms with van der Waals surface area (Å²) in [5.41, 5.74) is 0. The maximum atomic E-state index is 10.7. The average Bonchev–Trinajstić information content (AvgIpc) is 2.18. The van der Waals surface area contributed by atoms with E-state index in [9.17, 15) is 9.90 Å². The third-order valence-corrected chi connectivity index (χ3v) is 2.28. The fourth-order valence-corrected chi connectivity index (χ4v) is 1.30. The van der Waals surface area contributed by atoms with Gasteiger partial charge >= 0.3 is 5.97 Å². The summed E-state index contributed by atoms with van der Waals surface area (Å²) in [4.78, 5) is 10.7. The van der Waals surface area contributed by atoms with Crippen LogP contribution in [0.5, 0.6) is 0 Å². The van der Waals surface area contributed by atoms with Gasteiger partial charge in [0.2, 0.25) is 0 Å². The van der Waals surface area contributed by atoms with E-state index in [0.29, 0.717) is 6.42 Å². The summed E-state index contributed by atoms with van der Waals surface area (Å²) in [6.45, 7) is 5.34. The summed E-state index contributed by atoms with van der Waals surface area (Å²) in [6, 6.07) is -0.919. The molecule has 3 atom stereocenters. The predicted octanol–water partition coefficient (Wildman–Crippen LogP) is 0.788. The topological polar surface area (TPSA) is 69.6 Å². The lowest BCUT2D eigenvalue weighted by atomic mass is 9.94. The quantitative estimate of drug-likeness (QED) is 0.547. The Labute approximate surface area is 90.3 Å². The number of nitrogens with one attached hydrogen (secondary N) is 1. The molecule has 0 spiro atoms. The molecule has 0 saturated heterocycles. The first-order chi connectivity index (χ1) is 7.04. The Morgan fingerprint density at radius 1 is 1.60 bits per heavy atom. The standard InChI is InChI=1S/C11H19NO3/c1-4-5-6-7-8(2)10(13)9(12-3)11(14)15/h4-6,8-10,12-13H,1,7H2,2-3H3,(H,14,15)/b6-5+/t8-,9+,10-/m1/s1. The fourth-order valence-electron chi connectivity index (χ4n) is 1.30. The molecule has 0 heterocycles. The SMILES string of the molecule is C=C/C=C/C[C@@H](C)[C@@H](O)[C@H](NC)C(=O)O. The highest BCUT2D eigenvalue weighted by Gasteiger charge is 2.28. The first-order valence-electron chi connectivity index (χ1n) is 4.90. The number of carboxylic acids is 1. The lowest BCUT2D eigenvalue weighted by molar-refractivity contribution is -0.143. The molecule has 0 aliphatic heterocycles. The van der Waals surface area contributed by atoms with Crippen molar-refractivity contribution in [2.24, 2.45) is 5.92 Å². The molecule has 0 rings (SSSR count). The van der Waals surface area contributed by atoms with Crippen molar-refractivity contribution in [3.05, 3.63) is 24.8 Å². The number of allylic oxidation sites excluding steroid dienone is 3. The van der Waals surface area contributed by atoms with Gasteiger partial charge in [-0.25, -0.2) is 0 Å². The molecular formula is C11H19NO3. The smallest absolute Gasteiger partial charge is 0.323 e. The molecule has 0 fully saturated rings. The first-order valence-corrected chi connectivity index (χ1v) is 4.90. The maximum absolute atomic E-state index is 10.7. The van der Waals surface area contributed by atoms with Crippen molar-refractivity contribution in [3.8, 4) is 0 Å². The number of carbonyl (C=O) groups is 1. The van der Waals surface area contributed by atoms with Crippen LogP contribution in [0, 0.1) is 5.92 Å². The molecule has 4 heteroatoms. The Bertz CT molecular complexity index is 238. The van der Waals surface area contributed by atoms with Crippen LogP contribution in [0.2, 0.25) is 0 Å². The molecule has 0 aliphatic rings. The second-order valence-corrected chi connectivity index (χ2v) is 3.47. The van der Waals surface area contributed by atoms with E-state index >= 15 is 0 Å². The number of aliphatic hydroxyl groups excluding tert-OH is 1. The van der Waals surface area contributed by atoms with E-state index in [1.54, 1.807) is 12.2 Å². The molecule has 0 saturated carbocycles. The predicted molar refractivity (Wildman–Crippen MR) is 59.6 cm³/mol. The van der Waals surface area contributed by atoms with Crippen LogP contribution in [0.15, 0.2) is 24.8 Å². The average molecular weight is 213 g/mol. The lowest BCUT2D eigenvalue weighted by Crippen LogP contribution is -2.47. The van der Waals surface area contributed by atoms with Crippen LogP contribution in [0.3, 0.4) is 0 Å². The van der Waals surface area contributed by atoms with E-state index in [2.05, 4.69) is 11.9 Å². The lowest BCUT2D eigenvalue weighted by Gasteiger charge is -2.23. The molecule has 0 unspecified atom stereocenters. The van der Waals surface area contributed by atoms with Gasteiger partial charge < -0.3 is 15.5 Å². The van der Waals surface area contributed by atoms with Gasteiger partial charge in [0.15, 0.2) is 0 Å². The third kappa shape index (κ3) is 4.76. The molecule has 0 radical (unpaired) electrons. The van der Waals surface area contributed by atoms with Gasteiger partial charge in [0, 0.05) is 0 Å². The van der Waals surface area contributed by atoms with Crippen LogP contribution in [-0.2, 0) is 4.79 Å². The third-order valence-electron chi connectivity index (χ3n) is 2.28. The Balaban J connectivity index is 4.27. The largest absolute Gasteiger partial charge is 0.480 e. The van der Waals surface area contributed by atoms with E-state index in [0.717, 1.165) is 0 Å². The Morgan fingerprint density at radius 3 is 2.60 bits per heavy atom. The van der Waals surface area contributed by atoms with Gasteiger partial charge in [0.05, 0.1) is 6.10 Å². The molecule has 0 bridgehead atoms. The van der Waals surface area contributed by atoms with Crippen LogP contribution in [0.4, 0.5) is 0 Å². The normalized spacial score (nSPS) is 17.3. The van der Waals surface area contributed by atoms with Gasteiger partial charge in [-0.3, -0.25) is 4.79 Å². The highest BCUT2D eigenvalue weighted by atomic mass is 16.4. The zero-order chi connectivity index (χ0) is 11.8. The van der Waals surface area contributed by atoms with Crippen molar-refractivity contribution in [3.63, 3.8) is 0 Å². The van der Waals surface area contributed by atoms with Crippen LogP contribution in [-0.4, -0.2) is 35.4 Å². The minimum atomic E-state index is -1.04. The van der Waals surface area contributed by atoms with Crippen molar-refractivity contribution in [1.29, 1.82) is 0 Å². The zero-order valence-corrected chi connectivity index (χ0v) is 9.18. The molecule has 0 amide bonds. The van der Waals surface area contributed by atoms with Gasteiger partial charge in [0.1, 0.15) is 6.04 Å². The highest BCUT2D eigenvalue weighted by molar-refractivity contribution is 5.74. The number of rotatable bonds is 7. The summed E-state index contributed by atoms with van der Waals surface area (Å²) in [7, 11) is 1.52.